The van der Waals surface area contributed by atoms with Crippen molar-refractivity contribution < 1.29 is 14.3 Å². The number of nitrogens with zero attached hydrogens (tertiary/aromatic N) is 1. The minimum Gasteiger partial charge on any atom is -0.486 e. The van der Waals surface area contributed by atoms with Gasteiger partial charge in [0.1, 0.15) is 12.4 Å². The van der Waals surface area contributed by atoms with E-state index in [4.69, 9.17) is 10.00 Å². The molecule has 0 aliphatic rings. The van der Waals surface area contributed by atoms with Crippen molar-refractivity contribution in [3.05, 3.63) is 59.7 Å². The Morgan fingerprint density at radius 2 is 1.79 bits per heavy atom. The molecule has 0 aliphatic heterocycles. The molecule has 1 atom stereocenters. The average molecular weight is 322 g/mol. The third kappa shape index (κ3) is 4.68. The maximum Gasteiger partial charge on any atom is 0.249 e. The van der Waals surface area contributed by atoms with Crippen molar-refractivity contribution in [1.29, 1.82) is 5.26 Å². The highest BCUT2D eigenvalue weighted by atomic mass is 16.5. The number of ether oxygens (including phenoxy) is 1. The number of aryl methyl sites for hydroxylation is 2. The fraction of sp³-hybridized carbons (Fsp3) is 0.211. The van der Waals surface area contributed by atoms with Gasteiger partial charge in [0.2, 0.25) is 5.91 Å². The van der Waals surface area contributed by atoms with Crippen LogP contribution in [0.15, 0.2) is 48.5 Å². The van der Waals surface area contributed by atoms with Gasteiger partial charge >= 0.3 is 0 Å². The van der Waals surface area contributed by atoms with Crippen molar-refractivity contribution in [2.45, 2.75) is 13.8 Å². The van der Waals surface area contributed by atoms with E-state index >= 15 is 0 Å². The Balaban J connectivity index is 1.98. The SMILES string of the molecule is Cc1cccc(NC(=O)[C@H](C#N)C(=O)COc2cccc(C)c2)c1. The lowest BCUT2D eigenvalue weighted by Gasteiger charge is -2.11. The molecule has 5 nitrogen and oxygen atoms in total. The van der Waals surface area contributed by atoms with Crippen LogP contribution in [0.1, 0.15) is 11.1 Å². The standard InChI is InChI=1S/C19H18N2O3/c1-13-5-3-7-15(9-13)21-19(23)17(11-20)18(22)12-24-16-8-4-6-14(2)10-16/h3-10,17H,12H2,1-2H3,(H,21,23)/t17-/m1/s1. The number of hydrogen-bond donors (Lipinski definition) is 1. The number of carbonyl (C=O) groups is 2. The maximum absolute atomic E-state index is 12.2. The van der Waals surface area contributed by atoms with E-state index in [0.717, 1.165) is 11.1 Å². The summed E-state index contributed by atoms with van der Waals surface area (Å²) in [7, 11) is 0. The number of anilines is 1. The molecule has 0 unspecified atom stereocenters. The van der Waals surface area contributed by atoms with E-state index in [-0.39, 0.29) is 6.61 Å². The molecule has 2 rings (SSSR count). The molecule has 0 heterocycles. The first-order valence-electron chi connectivity index (χ1n) is 7.49. The van der Waals surface area contributed by atoms with Crippen LogP contribution in [0.5, 0.6) is 5.75 Å². The van der Waals surface area contributed by atoms with Crippen LogP contribution in [0, 0.1) is 31.1 Å². The zero-order valence-corrected chi connectivity index (χ0v) is 13.6. The Labute approximate surface area is 140 Å². The van der Waals surface area contributed by atoms with Gasteiger partial charge in [0.15, 0.2) is 11.7 Å². The number of hydrogen-bond acceptors (Lipinski definition) is 4. The summed E-state index contributed by atoms with van der Waals surface area (Å²) in [5.74, 6) is -2.11. The maximum atomic E-state index is 12.2. The molecule has 0 aliphatic carbocycles. The second-order valence-electron chi connectivity index (χ2n) is 5.49. The predicted octanol–water partition coefficient (Wildman–Crippen LogP) is 3.03. The van der Waals surface area contributed by atoms with E-state index in [2.05, 4.69) is 5.32 Å². The highest BCUT2D eigenvalue weighted by Crippen LogP contribution is 2.14. The summed E-state index contributed by atoms with van der Waals surface area (Å²) in [6, 6.07) is 16.1. The van der Waals surface area contributed by atoms with Crippen molar-refractivity contribution in [2.75, 3.05) is 11.9 Å². The van der Waals surface area contributed by atoms with E-state index < -0.39 is 17.6 Å². The minimum absolute atomic E-state index is 0.330. The van der Waals surface area contributed by atoms with E-state index in [1.807, 2.05) is 26.0 Å². The second-order valence-corrected chi connectivity index (χ2v) is 5.49. The quantitative estimate of drug-likeness (QED) is 0.829. The summed E-state index contributed by atoms with van der Waals surface area (Å²) in [5, 5.41) is 11.7. The molecule has 0 bridgehead atoms. The van der Waals surface area contributed by atoms with Crippen LogP contribution in [-0.2, 0) is 9.59 Å². The Morgan fingerprint density at radius 3 is 2.42 bits per heavy atom. The highest BCUT2D eigenvalue weighted by molar-refractivity contribution is 6.09. The molecule has 0 spiro atoms. The van der Waals surface area contributed by atoms with Crippen molar-refractivity contribution in [1.82, 2.24) is 0 Å². The van der Waals surface area contributed by atoms with Crippen LogP contribution >= 0.6 is 0 Å². The number of carbonyl (C=O) groups excluding carboxylic acids is 2. The molecule has 0 radical (unpaired) electrons. The molecule has 1 N–H and O–H groups in total. The third-order valence-corrected chi connectivity index (χ3v) is 3.37. The minimum atomic E-state index is -1.41. The topological polar surface area (TPSA) is 79.2 Å². The van der Waals surface area contributed by atoms with Gasteiger partial charge in [-0.2, -0.15) is 5.26 Å². The molecule has 1 amide bonds. The van der Waals surface area contributed by atoms with E-state index in [1.165, 1.54) is 0 Å². The van der Waals surface area contributed by atoms with Gasteiger partial charge in [-0.3, -0.25) is 9.59 Å². The number of Topliss-reactive ketones (excluding diaryl/α,β-unsaturated/α-hetero) is 1. The van der Waals surface area contributed by atoms with Crippen LogP contribution in [0.4, 0.5) is 5.69 Å². The lowest BCUT2D eigenvalue weighted by atomic mass is 10.1. The zero-order valence-electron chi connectivity index (χ0n) is 13.6. The van der Waals surface area contributed by atoms with E-state index in [0.29, 0.717) is 11.4 Å². The third-order valence-electron chi connectivity index (χ3n) is 3.37. The van der Waals surface area contributed by atoms with Crippen molar-refractivity contribution in [2.24, 2.45) is 5.92 Å². The number of amides is 1. The van der Waals surface area contributed by atoms with Crippen LogP contribution < -0.4 is 10.1 Å². The highest BCUT2D eigenvalue weighted by Gasteiger charge is 2.26. The molecule has 2 aromatic carbocycles. The number of rotatable bonds is 6. The van der Waals surface area contributed by atoms with Crippen molar-refractivity contribution >= 4 is 17.4 Å². The number of ketones is 1. The first kappa shape index (κ1) is 17.2. The van der Waals surface area contributed by atoms with Gasteiger partial charge in [-0.05, 0) is 49.2 Å². The summed E-state index contributed by atoms with van der Waals surface area (Å²) in [4.78, 5) is 24.3. The van der Waals surface area contributed by atoms with Gasteiger partial charge in [-0.15, -0.1) is 0 Å². The Bertz CT molecular complexity index is 793. The Hall–Kier alpha value is -3.13. The molecule has 2 aromatic rings. The van der Waals surface area contributed by atoms with E-state index in [9.17, 15) is 9.59 Å². The lowest BCUT2D eigenvalue weighted by molar-refractivity contribution is -0.130. The Morgan fingerprint density at radius 1 is 1.12 bits per heavy atom. The van der Waals surface area contributed by atoms with Gasteiger partial charge in [-0.1, -0.05) is 24.3 Å². The summed E-state index contributed by atoms with van der Waals surface area (Å²) in [6.45, 7) is 3.46. The van der Waals surface area contributed by atoms with Crippen molar-refractivity contribution in [3.63, 3.8) is 0 Å². The number of nitrogens with one attached hydrogen (secondary N) is 1. The van der Waals surface area contributed by atoms with Gasteiger partial charge < -0.3 is 10.1 Å². The number of nitriles is 1. The smallest absolute Gasteiger partial charge is 0.249 e. The molecule has 122 valence electrons. The molecule has 5 heteroatoms. The molecule has 24 heavy (non-hydrogen) atoms. The molecular formula is C19H18N2O3. The second kappa shape index (κ2) is 7.93. The molecule has 0 saturated heterocycles. The number of benzene rings is 2. The predicted molar refractivity (Wildman–Crippen MR) is 90.6 cm³/mol. The monoisotopic (exact) mass is 322 g/mol. The molecular weight excluding hydrogens is 304 g/mol. The average Bonchev–Trinajstić information content (AvgIpc) is 2.53. The van der Waals surface area contributed by atoms with Gasteiger partial charge in [-0.25, -0.2) is 0 Å². The fourth-order valence-corrected chi connectivity index (χ4v) is 2.16. The summed E-state index contributed by atoms with van der Waals surface area (Å²) in [6.07, 6.45) is 0. The molecule has 0 fully saturated rings. The van der Waals surface area contributed by atoms with Crippen LogP contribution in [0.3, 0.4) is 0 Å². The molecule has 0 aromatic heterocycles. The summed E-state index contributed by atoms with van der Waals surface area (Å²) >= 11 is 0. The van der Waals surface area contributed by atoms with Crippen LogP contribution in [0.2, 0.25) is 0 Å². The zero-order chi connectivity index (χ0) is 17.5. The first-order chi connectivity index (χ1) is 11.5. The van der Waals surface area contributed by atoms with Gasteiger partial charge in [0.05, 0.1) is 6.07 Å². The largest absolute Gasteiger partial charge is 0.486 e. The Kier molecular flexibility index (Phi) is 5.69. The first-order valence-corrected chi connectivity index (χ1v) is 7.49. The lowest BCUT2D eigenvalue weighted by Crippen LogP contribution is -2.31. The van der Waals surface area contributed by atoms with Crippen molar-refractivity contribution in [3.8, 4) is 11.8 Å². The summed E-state index contributed by atoms with van der Waals surface area (Å²) in [5.41, 5.74) is 2.51. The van der Waals surface area contributed by atoms with Gasteiger partial charge in [0, 0.05) is 5.69 Å². The summed E-state index contributed by atoms with van der Waals surface area (Å²) < 4.78 is 5.37. The fourth-order valence-electron chi connectivity index (χ4n) is 2.16. The van der Waals surface area contributed by atoms with Gasteiger partial charge in [0.25, 0.3) is 0 Å². The molecule has 0 saturated carbocycles. The normalized spacial score (nSPS) is 11.2. The van der Waals surface area contributed by atoms with Crippen LogP contribution in [0.25, 0.3) is 0 Å². The van der Waals surface area contributed by atoms with E-state index in [1.54, 1.807) is 42.5 Å². The van der Waals surface area contributed by atoms with Crippen LogP contribution in [-0.4, -0.2) is 18.3 Å².